The zero-order chi connectivity index (χ0) is 21.6. The maximum absolute atomic E-state index is 12.8. The molecule has 3 aromatic carbocycles. The summed E-state index contributed by atoms with van der Waals surface area (Å²) in [6.07, 6.45) is -4.54. The van der Waals surface area contributed by atoms with Crippen LogP contribution in [-0.4, -0.2) is 18.4 Å². The maximum atomic E-state index is 12.8. The highest BCUT2D eigenvalue weighted by Crippen LogP contribution is 2.30. The SMILES string of the molecule is O=C(NCC(c1ccccc1)c1ccccc1)C(=O)Nc1cccc(C(F)(F)F)c1. The Morgan fingerprint density at radius 3 is 1.87 bits per heavy atom. The summed E-state index contributed by atoms with van der Waals surface area (Å²) in [6, 6.07) is 23.1. The Bertz CT molecular complexity index is 966. The van der Waals surface area contributed by atoms with Crippen molar-refractivity contribution in [2.24, 2.45) is 0 Å². The molecule has 2 N–H and O–H groups in total. The van der Waals surface area contributed by atoms with Crippen molar-refractivity contribution in [2.75, 3.05) is 11.9 Å². The van der Waals surface area contributed by atoms with Gasteiger partial charge >= 0.3 is 18.0 Å². The second kappa shape index (κ2) is 9.26. The van der Waals surface area contributed by atoms with Gasteiger partial charge in [-0.05, 0) is 29.3 Å². The molecule has 0 aromatic heterocycles. The number of alkyl halides is 3. The Labute approximate surface area is 171 Å². The number of anilines is 1. The third kappa shape index (κ3) is 5.47. The molecule has 0 aliphatic carbocycles. The summed E-state index contributed by atoms with van der Waals surface area (Å²) < 4.78 is 38.4. The van der Waals surface area contributed by atoms with E-state index in [4.69, 9.17) is 0 Å². The van der Waals surface area contributed by atoms with Gasteiger partial charge in [-0.15, -0.1) is 0 Å². The lowest BCUT2D eigenvalue weighted by Crippen LogP contribution is -2.37. The van der Waals surface area contributed by atoms with Gasteiger partial charge in [0.2, 0.25) is 0 Å². The number of hydrogen-bond acceptors (Lipinski definition) is 2. The molecule has 0 atom stereocenters. The second-order valence-electron chi connectivity index (χ2n) is 6.62. The lowest BCUT2D eigenvalue weighted by atomic mass is 9.91. The van der Waals surface area contributed by atoms with Crippen LogP contribution in [0.3, 0.4) is 0 Å². The molecular weight excluding hydrogens is 393 g/mol. The summed E-state index contributed by atoms with van der Waals surface area (Å²) in [7, 11) is 0. The molecule has 154 valence electrons. The van der Waals surface area contributed by atoms with Gasteiger partial charge in [-0.3, -0.25) is 9.59 Å². The van der Waals surface area contributed by atoms with E-state index in [0.29, 0.717) is 0 Å². The number of halogens is 3. The molecule has 7 heteroatoms. The minimum atomic E-state index is -4.54. The van der Waals surface area contributed by atoms with E-state index in [1.54, 1.807) is 0 Å². The number of rotatable bonds is 5. The van der Waals surface area contributed by atoms with E-state index < -0.39 is 23.6 Å². The number of amides is 2. The highest BCUT2D eigenvalue weighted by atomic mass is 19.4. The Hall–Kier alpha value is -3.61. The minimum Gasteiger partial charge on any atom is -0.347 e. The van der Waals surface area contributed by atoms with Crippen LogP contribution in [0.15, 0.2) is 84.9 Å². The highest BCUT2D eigenvalue weighted by Gasteiger charge is 2.30. The molecule has 0 heterocycles. The molecule has 0 aliphatic heterocycles. The van der Waals surface area contributed by atoms with Crippen LogP contribution in [0, 0.1) is 0 Å². The third-order valence-electron chi connectivity index (χ3n) is 4.52. The number of hydrogen-bond donors (Lipinski definition) is 2. The van der Waals surface area contributed by atoms with Crippen molar-refractivity contribution in [1.82, 2.24) is 5.32 Å². The van der Waals surface area contributed by atoms with Crippen molar-refractivity contribution in [1.29, 1.82) is 0 Å². The molecule has 0 radical (unpaired) electrons. The number of carbonyl (C=O) groups excluding carboxylic acids is 2. The number of benzene rings is 3. The average molecular weight is 412 g/mol. The molecule has 0 unspecified atom stereocenters. The predicted octanol–water partition coefficient (Wildman–Crippen LogP) is 4.59. The molecule has 0 saturated heterocycles. The van der Waals surface area contributed by atoms with Gasteiger partial charge in [0.1, 0.15) is 0 Å². The number of carbonyl (C=O) groups is 2. The normalized spacial score (nSPS) is 11.2. The van der Waals surface area contributed by atoms with Crippen molar-refractivity contribution in [3.8, 4) is 0 Å². The van der Waals surface area contributed by atoms with Gasteiger partial charge in [-0.25, -0.2) is 0 Å². The first-order chi connectivity index (χ1) is 14.3. The van der Waals surface area contributed by atoms with Crippen LogP contribution in [0.5, 0.6) is 0 Å². The van der Waals surface area contributed by atoms with Gasteiger partial charge in [0.25, 0.3) is 0 Å². The molecule has 0 bridgehead atoms. The lowest BCUT2D eigenvalue weighted by Gasteiger charge is -2.18. The summed E-state index contributed by atoms with van der Waals surface area (Å²) in [6.45, 7) is 0.156. The van der Waals surface area contributed by atoms with Crippen molar-refractivity contribution in [3.05, 3.63) is 102 Å². The van der Waals surface area contributed by atoms with Gasteiger partial charge in [0, 0.05) is 18.2 Å². The first-order valence-corrected chi connectivity index (χ1v) is 9.21. The quantitative estimate of drug-likeness (QED) is 0.602. The van der Waals surface area contributed by atoms with E-state index in [1.165, 1.54) is 6.07 Å². The Morgan fingerprint density at radius 1 is 0.767 bits per heavy atom. The molecule has 0 saturated carbocycles. The van der Waals surface area contributed by atoms with E-state index >= 15 is 0 Å². The van der Waals surface area contributed by atoms with Gasteiger partial charge in [0.15, 0.2) is 0 Å². The average Bonchev–Trinajstić information content (AvgIpc) is 2.75. The van der Waals surface area contributed by atoms with E-state index in [0.717, 1.165) is 29.3 Å². The topological polar surface area (TPSA) is 58.2 Å². The Morgan fingerprint density at radius 2 is 1.33 bits per heavy atom. The summed E-state index contributed by atoms with van der Waals surface area (Å²) in [5.74, 6) is -2.14. The lowest BCUT2D eigenvalue weighted by molar-refractivity contribution is -0.137. The van der Waals surface area contributed by atoms with Crippen LogP contribution < -0.4 is 10.6 Å². The fourth-order valence-corrected chi connectivity index (χ4v) is 3.04. The Balaban J connectivity index is 1.68. The zero-order valence-corrected chi connectivity index (χ0v) is 15.8. The molecule has 4 nitrogen and oxygen atoms in total. The molecule has 3 rings (SSSR count). The van der Waals surface area contributed by atoms with E-state index in [9.17, 15) is 22.8 Å². The molecule has 30 heavy (non-hydrogen) atoms. The molecular formula is C23H19F3N2O2. The van der Waals surface area contributed by atoms with Crippen LogP contribution in [0.2, 0.25) is 0 Å². The van der Waals surface area contributed by atoms with Crippen molar-refractivity contribution in [2.45, 2.75) is 12.1 Å². The largest absolute Gasteiger partial charge is 0.416 e. The molecule has 0 fully saturated rings. The van der Waals surface area contributed by atoms with Crippen molar-refractivity contribution in [3.63, 3.8) is 0 Å². The molecule has 3 aromatic rings. The second-order valence-corrected chi connectivity index (χ2v) is 6.62. The van der Waals surface area contributed by atoms with Crippen LogP contribution in [0.1, 0.15) is 22.6 Å². The fourth-order valence-electron chi connectivity index (χ4n) is 3.04. The van der Waals surface area contributed by atoms with E-state index in [1.807, 2.05) is 60.7 Å². The van der Waals surface area contributed by atoms with Crippen LogP contribution >= 0.6 is 0 Å². The predicted molar refractivity (Wildman–Crippen MR) is 108 cm³/mol. The summed E-state index contributed by atoms with van der Waals surface area (Å²) in [5.41, 5.74) is 0.908. The minimum absolute atomic E-state index is 0.104. The van der Waals surface area contributed by atoms with E-state index in [2.05, 4.69) is 10.6 Å². The zero-order valence-electron chi connectivity index (χ0n) is 15.8. The highest BCUT2D eigenvalue weighted by molar-refractivity contribution is 6.39. The van der Waals surface area contributed by atoms with E-state index in [-0.39, 0.29) is 18.2 Å². The number of nitrogens with one attached hydrogen (secondary N) is 2. The molecule has 2 amide bonds. The van der Waals surface area contributed by atoms with Crippen molar-refractivity contribution >= 4 is 17.5 Å². The maximum Gasteiger partial charge on any atom is 0.416 e. The van der Waals surface area contributed by atoms with Gasteiger partial charge < -0.3 is 10.6 Å². The van der Waals surface area contributed by atoms with Crippen LogP contribution in [0.4, 0.5) is 18.9 Å². The smallest absolute Gasteiger partial charge is 0.347 e. The molecule has 0 spiro atoms. The summed E-state index contributed by atoms with van der Waals surface area (Å²) in [5, 5.41) is 4.78. The van der Waals surface area contributed by atoms with Crippen LogP contribution in [-0.2, 0) is 15.8 Å². The van der Waals surface area contributed by atoms with Crippen LogP contribution in [0.25, 0.3) is 0 Å². The fraction of sp³-hybridized carbons (Fsp3) is 0.130. The standard InChI is InChI=1S/C23H19F3N2O2/c24-23(25,26)18-12-7-13-19(14-18)28-22(30)21(29)27-15-20(16-8-3-1-4-9-16)17-10-5-2-6-11-17/h1-14,20H,15H2,(H,27,29)(H,28,30). The van der Waals surface area contributed by atoms with Gasteiger partial charge in [-0.2, -0.15) is 13.2 Å². The first kappa shape index (κ1) is 21.1. The summed E-state index contributed by atoms with van der Waals surface area (Å²) >= 11 is 0. The first-order valence-electron chi connectivity index (χ1n) is 9.21. The third-order valence-corrected chi connectivity index (χ3v) is 4.52. The summed E-state index contributed by atoms with van der Waals surface area (Å²) in [4.78, 5) is 24.4. The van der Waals surface area contributed by atoms with Crippen molar-refractivity contribution < 1.29 is 22.8 Å². The van der Waals surface area contributed by atoms with Gasteiger partial charge in [0.05, 0.1) is 5.56 Å². The molecule has 0 aliphatic rings. The Kier molecular flexibility index (Phi) is 6.51. The van der Waals surface area contributed by atoms with Gasteiger partial charge in [-0.1, -0.05) is 66.7 Å². The monoisotopic (exact) mass is 412 g/mol.